The molecule has 100 valence electrons. The Hall–Kier alpha value is -1.82. The van der Waals surface area contributed by atoms with Gasteiger partial charge in [0.05, 0.1) is 12.0 Å². The lowest BCUT2D eigenvalue weighted by Gasteiger charge is -2.24. The number of aryl methyl sites for hydroxylation is 1. The topological polar surface area (TPSA) is 52.9 Å². The standard InChI is InChI=1S/C16H20N2O/c17-11-4-1-5-12-18-16(19)15-10-6-8-13-7-2-3-9-14(13)15/h2-3,7,9,15H,1,4-6,8,10,12H2,(H,18,19). The van der Waals surface area contributed by atoms with Crippen LogP contribution in [0.4, 0.5) is 0 Å². The zero-order valence-corrected chi connectivity index (χ0v) is 11.2. The van der Waals surface area contributed by atoms with Crippen molar-refractivity contribution in [1.82, 2.24) is 5.32 Å². The van der Waals surface area contributed by atoms with Crippen LogP contribution in [0.15, 0.2) is 24.3 Å². The molecule has 1 unspecified atom stereocenters. The molecule has 1 aliphatic rings. The van der Waals surface area contributed by atoms with Crippen molar-refractivity contribution in [2.75, 3.05) is 6.54 Å². The predicted molar refractivity (Wildman–Crippen MR) is 74.6 cm³/mol. The largest absolute Gasteiger partial charge is 0.356 e. The molecule has 0 aromatic heterocycles. The second-order valence-electron chi connectivity index (χ2n) is 5.05. The Bertz CT molecular complexity index is 476. The van der Waals surface area contributed by atoms with Crippen molar-refractivity contribution in [3.8, 4) is 6.07 Å². The molecule has 0 fully saturated rings. The summed E-state index contributed by atoms with van der Waals surface area (Å²) in [5.74, 6) is 0.157. The molecule has 1 aromatic rings. The van der Waals surface area contributed by atoms with Crippen LogP contribution < -0.4 is 5.32 Å². The van der Waals surface area contributed by atoms with E-state index in [-0.39, 0.29) is 11.8 Å². The fourth-order valence-electron chi connectivity index (χ4n) is 2.69. The van der Waals surface area contributed by atoms with Crippen molar-refractivity contribution >= 4 is 5.91 Å². The average Bonchev–Trinajstić information content (AvgIpc) is 2.46. The molecule has 0 saturated carbocycles. The fraction of sp³-hybridized carbons (Fsp3) is 0.500. The number of nitrogens with one attached hydrogen (secondary N) is 1. The number of carbonyl (C=O) groups excluding carboxylic acids is 1. The summed E-state index contributed by atoms with van der Waals surface area (Å²) in [5, 5.41) is 11.5. The highest BCUT2D eigenvalue weighted by Crippen LogP contribution is 2.31. The van der Waals surface area contributed by atoms with Crippen LogP contribution in [0.1, 0.15) is 49.1 Å². The highest BCUT2D eigenvalue weighted by Gasteiger charge is 2.25. The van der Waals surface area contributed by atoms with E-state index in [2.05, 4.69) is 23.5 Å². The number of hydrogen-bond acceptors (Lipinski definition) is 2. The quantitative estimate of drug-likeness (QED) is 0.823. The van der Waals surface area contributed by atoms with E-state index in [1.165, 1.54) is 11.1 Å². The van der Waals surface area contributed by atoms with Gasteiger partial charge in [0, 0.05) is 13.0 Å². The lowest BCUT2D eigenvalue weighted by molar-refractivity contribution is -0.122. The average molecular weight is 256 g/mol. The Morgan fingerprint density at radius 2 is 2.21 bits per heavy atom. The Balaban J connectivity index is 1.89. The van der Waals surface area contributed by atoms with Gasteiger partial charge in [-0.2, -0.15) is 5.26 Å². The zero-order chi connectivity index (χ0) is 13.5. The van der Waals surface area contributed by atoms with Crippen LogP contribution in [0.3, 0.4) is 0 Å². The number of unbranched alkanes of at least 4 members (excludes halogenated alkanes) is 2. The third-order valence-electron chi connectivity index (χ3n) is 3.70. The molecular formula is C16H20N2O. The van der Waals surface area contributed by atoms with Gasteiger partial charge in [-0.3, -0.25) is 4.79 Å². The minimum atomic E-state index is 0.0147. The van der Waals surface area contributed by atoms with E-state index in [0.717, 1.165) is 32.1 Å². The molecule has 19 heavy (non-hydrogen) atoms. The van der Waals surface area contributed by atoms with Gasteiger partial charge in [0.25, 0.3) is 0 Å². The van der Waals surface area contributed by atoms with Crippen LogP contribution in [0.2, 0.25) is 0 Å². The third-order valence-corrected chi connectivity index (χ3v) is 3.70. The monoisotopic (exact) mass is 256 g/mol. The van der Waals surface area contributed by atoms with Gasteiger partial charge in [0.15, 0.2) is 0 Å². The van der Waals surface area contributed by atoms with Crippen LogP contribution in [0.5, 0.6) is 0 Å². The molecule has 3 heteroatoms. The normalized spacial score (nSPS) is 17.3. The van der Waals surface area contributed by atoms with Crippen molar-refractivity contribution in [3.63, 3.8) is 0 Å². The van der Waals surface area contributed by atoms with Crippen molar-refractivity contribution in [2.45, 2.75) is 44.4 Å². The number of nitriles is 1. The highest BCUT2D eigenvalue weighted by atomic mass is 16.1. The minimum absolute atomic E-state index is 0.0147. The van der Waals surface area contributed by atoms with Gasteiger partial charge >= 0.3 is 0 Å². The summed E-state index contributed by atoms with van der Waals surface area (Å²) in [7, 11) is 0. The van der Waals surface area contributed by atoms with Crippen molar-refractivity contribution in [1.29, 1.82) is 5.26 Å². The summed E-state index contributed by atoms with van der Waals surface area (Å²) in [4.78, 5) is 12.2. The molecule has 0 spiro atoms. The van der Waals surface area contributed by atoms with Crippen LogP contribution in [-0.4, -0.2) is 12.5 Å². The van der Waals surface area contributed by atoms with Gasteiger partial charge in [0.2, 0.25) is 5.91 Å². The SMILES string of the molecule is N#CCCCCNC(=O)C1CCCc2ccccc21. The molecule has 1 atom stereocenters. The van der Waals surface area contributed by atoms with E-state index < -0.39 is 0 Å². The van der Waals surface area contributed by atoms with Gasteiger partial charge in [-0.05, 0) is 43.2 Å². The first kappa shape index (κ1) is 13.6. The minimum Gasteiger partial charge on any atom is -0.356 e. The second kappa shape index (κ2) is 6.94. The first-order valence-corrected chi connectivity index (χ1v) is 7.05. The van der Waals surface area contributed by atoms with Crippen LogP contribution in [0, 0.1) is 11.3 Å². The van der Waals surface area contributed by atoms with E-state index >= 15 is 0 Å². The highest BCUT2D eigenvalue weighted by molar-refractivity contribution is 5.84. The van der Waals surface area contributed by atoms with Gasteiger partial charge < -0.3 is 5.32 Å². The molecule has 0 aliphatic heterocycles. The van der Waals surface area contributed by atoms with Crippen LogP contribution >= 0.6 is 0 Å². The second-order valence-corrected chi connectivity index (χ2v) is 5.05. The molecule has 0 heterocycles. The maximum absolute atomic E-state index is 12.2. The van der Waals surface area contributed by atoms with Crippen LogP contribution in [0.25, 0.3) is 0 Å². The lowest BCUT2D eigenvalue weighted by Crippen LogP contribution is -2.32. The van der Waals surface area contributed by atoms with Crippen LogP contribution in [-0.2, 0) is 11.2 Å². The Morgan fingerprint density at radius 1 is 1.37 bits per heavy atom. The number of nitrogens with zero attached hydrogens (tertiary/aromatic N) is 1. The lowest BCUT2D eigenvalue weighted by atomic mass is 9.82. The predicted octanol–water partition coefficient (Wildman–Crippen LogP) is 2.92. The summed E-state index contributed by atoms with van der Waals surface area (Å²) in [6, 6.07) is 10.4. The molecule has 3 nitrogen and oxygen atoms in total. The maximum Gasteiger partial charge on any atom is 0.227 e. The number of amides is 1. The zero-order valence-electron chi connectivity index (χ0n) is 11.2. The molecule has 1 aliphatic carbocycles. The maximum atomic E-state index is 12.2. The number of benzene rings is 1. The summed E-state index contributed by atoms with van der Waals surface area (Å²) in [6.07, 6.45) is 5.43. The third kappa shape index (κ3) is 3.57. The number of rotatable bonds is 5. The fourth-order valence-corrected chi connectivity index (χ4v) is 2.69. The summed E-state index contributed by atoms with van der Waals surface area (Å²) < 4.78 is 0. The molecule has 1 aromatic carbocycles. The number of hydrogen-bond donors (Lipinski definition) is 1. The van der Waals surface area contributed by atoms with Crippen molar-refractivity contribution < 1.29 is 4.79 Å². The van der Waals surface area contributed by atoms with E-state index in [0.29, 0.717) is 13.0 Å². The molecule has 1 amide bonds. The molecular weight excluding hydrogens is 236 g/mol. The van der Waals surface area contributed by atoms with E-state index in [1.54, 1.807) is 0 Å². The van der Waals surface area contributed by atoms with E-state index in [1.807, 2.05) is 12.1 Å². The van der Waals surface area contributed by atoms with Gasteiger partial charge in [0.1, 0.15) is 0 Å². The molecule has 1 N–H and O–H groups in total. The molecule has 2 rings (SSSR count). The first-order valence-electron chi connectivity index (χ1n) is 7.05. The number of carbonyl (C=O) groups is 1. The van der Waals surface area contributed by atoms with Crippen molar-refractivity contribution in [2.24, 2.45) is 0 Å². The number of fused-ring (bicyclic) bond motifs is 1. The van der Waals surface area contributed by atoms with Gasteiger partial charge in [-0.15, -0.1) is 0 Å². The Labute approximate surface area is 114 Å². The summed E-state index contributed by atoms with van der Waals surface area (Å²) in [5.41, 5.74) is 2.52. The molecule has 0 saturated heterocycles. The van der Waals surface area contributed by atoms with Gasteiger partial charge in [-0.1, -0.05) is 24.3 Å². The molecule has 0 radical (unpaired) electrons. The summed E-state index contributed by atoms with van der Waals surface area (Å²) in [6.45, 7) is 0.680. The Kier molecular flexibility index (Phi) is 4.97. The first-order chi connectivity index (χ1) is 9.33. The Morgan fingerprint density at radius 3 is 3.05 bits per heavy atom. The van der Waals surface area contributed by atoms with E-state index in [9.17, 15) is 4.79 Å². The van der Waals surface area contributed by atoms with Gasteiger partial charge in [-0.25, -0.2) is 0 Å². The molecule has 0 bridgehead atoms. The van der Waals surface area contributed by atoms with Crippen molar-refractivity contribution in [3.05, 3.63) is 35.4 Å². The summed E-state index contributed by atoms with van der Waals surface area (Å²) >= 11 is 0. The van der Waals surface area contributed by atoms with E-state index in [4.69, 9.17) is 5.26 Å². The smallest absolute Gasteiger partial charge is 0.227 e.